The van der Waals surface area contributed by atoms with E-state index in [9.17, 15) is 4.39 Å². The molecule has 2 atom stereocenters. The van der Waals surface area contributed by atoms with Crippen LogP contribution in [0.2, 0.25) is 0 Å². The summed E-state index contributed by atoms with van der Waals surface area (Å²) < 4.78 is 16.6. The fraction of sp³-hybridized carbons (Fsp3) is 0.381. The van der Waals surface area contributed by atoms with Gasteiger partial charge in [-0.05, 0) is 67.0 Å². The molecule has 0 amide bonds. The second-order valence-corrected chi connectivity index (χ2v) is 6.97. The maximum Gasteiger partial charge on any atom is 0.127 e. The first-order chi connectivity index (χ1) is 12.6. The number of allylic oxidation sites excluding steroid dienone is 1. The van der Waals surface area contributed by atoms with Crippen molar-refractivity contribution in [1.29, 1.82) is 5.41 Å². The number of nitrogens with one attached hydrogen (secondary N) is 1. The Hall–Kier alpha value is -2.56. The molecule has 4 nitrogen and oxygen atoms in total. The molecule has 0 radical (unpaired) electrons. The lowest BCUT2D eigenvalue weighted by Crippen LogP contribution is -2.14. The largest absolute Gasteiger partial charge is 0.290 e. The summed E-state index contributed by atoms with van der Waals surface area (Å²) >= 11 is 0. The summed E-state index contributed by atoms with van der Waals surface area (Å²) in [5.74, 6) is 0.773. The second kappa shape index (κ2) is 8.21. The van der Waals surface area contributed by atoms with E-state index in [1.54, 1.807) is 12.1 Å². The molecule has 0 spiro atoms. The predicted octanol–water partition coefficient (Wildman–Crippen LogP) is 4.69. The quantitative estimate of drug-likeness (QED) is 0.595. The average molecular weight is 352 g/mol. The van der Waals surface area contributed by atoms with Gasteiger partial charge in [-0.1, -0.05) is 18.6 Å². The van der Waals surface area contributed by atoms with Crippen molar-refractivity contribution < 1.29 is 4.39 Å². The highest BCUT2D eigenvalue weighted by molar-refractivity contribution is 5.83. The van der Waals surface area contributed by atoms with Crippen LogP contribution in [-0.4, -0.2) is 22.3 Å². The Morgan fingerprint density at radius 1 is 1.38 bits per heavy atom. The molecule has 1 fully saturated rings. The van der Waals surface area contributed by atoms with E-state index >= 15 is 0 Å². The van der Waals surface area contributed by atoms with Gasteiger partial charge < -0.3 is 0 Å². The van der Waals surface area contributed by atoms with Gasteiger partial charge in [0, 0.05) is 31.1 Å². The minimum absolute atomic E-state index is 0.144. The van der Waals surface area contributed by atoms with Crippen LogP contribution in [0, 0.1) is 24.1 Å². The number of hydrogen-bond acceptors (Lipinski definition) is 2. The van der Waals surface area contributed by atoms with Gasteiger partial charge in [0.05, 0.1) is 0 Å². The van der Waals surface area contributed by atoms with Crippen LogP contribution in [0.4, 0.5) is 4.39 Å². The predicted molar refractivity (Wildman–Crippen MR) is 104 cm³/mol. The molecule has 2 unspecified atom stereocenters. The fourth-order valence-electron chi connectivity index (χ4n) is 4.03. The number of aliphatic imine (C=N–C) groups is 1. The van der Waals surface area contributed by atoms with E-state index in [0.717, 1.165) is 42.3 Å². The van der Waals surface area contributed by atoms with Crippen LogP contribution in [0.3, 0.4) is 0 Å². The number of nitrogens with zero attached hydrogens (tertiary/aromatic N) is 3. The smallest absolute Gasteiger partial charge is 0.127 e. The molecule has 1 aromatic heterocycles. The molecular formula is C21H25FN4. The van der Waals surface area contributed by atoms with Crippen molar-refractivity contribution >= 4 is 18.6 Å². The molecular weight excluding hydrogens is 327 g/mol. The number of aryl methyl sites for hydroxylation is 2. The van der Waals surface area contributed by atoms with E-state index in [2.05, 4.69) is 16.2 Å². The molecule has 136 valence electrons. The zero-order valence-electron chi connectivity index (χ0n) is 15.3. The Balaban J connectivity index is 1.78. The highest BCUT2D eigenvalue weighted by Gasteiger charge is 2.31. The third-order valence-electron chi connectivity index (χ3n) is 5.34. The van der Waals surface area contributed by atoms with Gasteiger partial charge in [-0.15, -0.1) is 0 Å². The topological polar surface area (TPSA) is 54.0 Å². The maximum atomic E-state index is 14.7. The van der Waals surface area contributed by atoms with E-state index in [1.165, 1.54) is 18.3 Å². The van der Waals surface area contributed by atoms with Crippen LogP contribution < -0.4 is 0 Å². The molecule has 0 saturated heterocycles. The number of aromatic nitrogens is 2. The molecule has 1 aromatic carbocycles. The first-order valence-electron chi connectivity index (χ1n) is 9.06. The van der Waals surface area contributed by atoms with Crippen molar-refractivity contribution in [2.45, 2.75) is 38.5 Å². The first kappa shape index (κ1) is 18.2. The standard InChI is InChI=1S/C21H25FN4/c1-15-11-18(20(22)13-16(15)6-4-9-24-14-23)12-17-5-3-7-19(17)21-8-10-25-26(21)2/h4,6,8-11,13-14,17,19,23H,3,5,7,12H2,1-2H3/b6-4+,23-14?,24-9?. The van der Waals surface area contributed by atoms with Gasteiger partial charge in [0.25, 0.3) is 0 Å². The number of rotatable bonds is 6. The van der Waals surface area contributed by atoms with Crippen LogP contribution >= 0.6 is 0 Å². The summed E-state index contributed by atoms with van der Waals surface area (Å²) in [6.45, 7) is 2.00. The van der Waals surface area contributed by atoms with Crippen molar-refractivity contribution in [3.8, 4) is 0 Å². The monoisotopic (exact) mass is 352 g/mol. The zero-order valence-corrected chi connectivity index (χ0v) is 15.3. The maximum absolute atomic E-state index is 14.7. The van der Waals surface area contributed by atoms with Gasteiger partial charge in [-0.2, -0.15) is 5.10 Å². The average Bonchev–Trinajstić information content (AvgIpc) is 3.24. The van der Waals surface area contributed by atoms with Gasteiger partial charge in [0.15, 0.2) is 0 Å². The van der Waals surface area contributed by atoms with Crippen molar-refractivity contribution in [1.82, 2.24) is 9.78 Å². The molecule has 5 heteroatoms. The minimum atomic E-state index is -0.144. The van der Waals surface area contributed by atoms with E-state index in [0.29, 0.717) is 11.8 Å². The lowest BCUT2D eigenvalue weighted by Gasteiger charge is -2.21. The zero-order chi connectivity index (χ0) is 18.5. The lowest BCUT2D eigenvalue weighted by atomic mass is 9.86. The Morgan fingerprint density at radius 3 is 2.96 bits per heavy atom. The van der Waals surface area contributed by atoms with Crippen molar-refractivity contribution in [3.05, 3.63) is 58.7 Å². The van der Waals surface area contributed by atoms with Gasteiger partial charge in [-0.3, -0.25) is 10.1 Å². The molecule has 3 rings (SSSR count). The summed E-state index contributed by atoms with van der Waals surface area (Å²) in [6.07, 6.45) is 12.1. The molecule has 1 aliphatic rings. The van der Waals surface area contributed by atoms with E-state index in [-0.39, 0.29) is 5.82 Å². The van der Waals surface area contributed by atoms with E-state index < -0.39 is 0 Å². The molecule has 1 aliphatic carbocycles. The summed E-state index contributed by atoms with van der Waals surface area (Å²) in [7, 11) is 1.98. The van der Waals surface area contributed by atoms with Crippen LogP contribution in [0.1, 0.15) is 47.6 Å². The van der Waals surface area contributed by atoms with Gasteiger partial charge in [-0.25, -0.2) is 9.38 Å². The lowest BCUT2D eigenvalue weighted by molar-refractivity contribution is 0.448. The molecule has 2 aromatic rings. The van der Waals surface area contributed by atoms with Crippen LogP contribution in [0.15, 0.2) is 35.5 Å². The second-order valence-electron chi connectivity index (χ2n) is 6.97. The summed E-state index contributed by atoms with van der Waals surface area (Å²) in [5.41, 5.74) is 3.95. The van der Waals surface area contributed by atoms with Gasteiger partial charge in [0.2, 0.25) is 0 Å². The highest BCUT2D eigenvalue weighted by atomic mass is 19.1. The Morgan fingerprint density at radius 2 is 2.23 bits per heavy atom. The number of halogens is 1. The molecule has 1 N–H and O–H groups in total. The normalized spacial score (nSPS) is 20.4. The number of benzene rings is 1. The van der Waals surface area contributed by atoms with Crippen molar-refractivity contribution in [3.63, 3.8) is 0 Å². The van der Waals surface area contributed by atoms with Crippen LogP contribution in [0.5, 0.6) is 0 Å². The van der Waals surface area contributed by atoms with Gasteiger partial charge >= 0.3 is 0 Å². The van der Waals surface area contributed by atoms with Crippen molar-refractivity contribution in [2.75, 3.05) is 0 Å². The van der Waals surface area contributed by atoms with Crippen LogP contribution in [-0.2, 0) is 13.5 Å². The summed E-state index contributed by atoms with van der Waals surface area (Å²) in [5, 5.41) is 11.2. The molecule has 0 aliphatic heterocycles. The van der Waals surface area contributed by atoms with Crippen LogP contribution in [0.25, 0.3) is 6.08 Å². The Labute approximate surface area is 154 Å². The molecule has 26 heavy (non-hydrogen) atoms. The Kier molecular flexibility index (Phi) is 5.76. The number of hydrogen-bond donors (Lipinski definition) is 1. The third-order valence-corrected chi connectivity index (χ3v) is 5.34. The summed E-state index contributed by atoms with van der Waals surface area (Å²) in [6, 6.07) is 5.67. The van der Waals surface area contributed by atoms with Crippen molar-refractivity contribution in [2.24, 2.45) is 18.0 Å². The molecule has 0 bridgehead atoms. The SMILES string of the molecule is Cc1cc(CC2CCCC2c2ccnn2C)c(F)cc1/C=C/C=NC=N. The first-order valence-corrected chi connectivity index (χ1v) is 9.06. The minimum Gasteiger partial charge on any atom is -0.290 e. The van der Waals surface area contributed by atoms with Gasteiger partial charge in [0.1, 0.15) is 12.2 Å². The summed E-state index contributed by atoms with van der Waals surface area (Å²) in [4.78, 5) is 3.69. The van der Waals surface area contributed by atoms with E-state index in [4.69, 9.17) is 5.41 Å². The molecule has 1 saturated carbocycles. The highest BCUT2D eigenvalue weighted by Crippen LogP contribution is 2.41. The molecule has 1 heterocycles. The Bertz CT molecular complexity index is 835. The fourth-order valence-corrected chi connectivity index (χ4v) is 4.03. The van der Waals surface area contributed by atoms with E-state index in [1.807, 2.05) is 37.0 Å². The third kappa shape index (κ3) is 3.98.